The number of ether oxygens (including phenoxy) is 3. The van der Waals surface area contributed by atoms with E-state index in [0.29, 0.717) is 19.3 Å². The lowest BCUT2D eigenvalue weighted by atomic mass is 10.0. The molecule has 0 aliphatic heterocycles. The Bertz CT molecular complexity index is 1490. The Morgan fingerprint density at radius 2 is 0.513 bits per heavy atom. The highest BCUT2D eigenvalue weighted by Gasteiger charge is 2.19. The molecule has 0 aromatic heterocycles. The van der Waals surface area contributed by atoms with E-state index in [1.807, 2.05) is 0 Å². The van der Waals surface area contributed by atoms with E-state index < -0.39 is 6.10 Å². The van der Waals surface area contributed by atoms with E-state index in [9.17, 15) is 14.4 Å². The molecule has 0 aromatic rings. The van der Waals surface area contributed by atoms with Crippen LogP contribution in [0.1, 0.15) is 310 Å². The molecule has 0 bridgehead atoms. The van der Waals surface area contributed by atoms with E-state index in [1.165, 1.54) is 148 Å². The second-order valence-electron chi connectivity index (χ2n) is 21.3. The van der Waals surface area contributed by atoms with Crippen molar-refractivity contribution in [2.45, 2.75) is 316 Å². The highest BCUT2D eigenvalue weighted by molar-refractivity contribution is 5.71. The summed E-state index contributed by atoms with van der Waals surface area (Å²) in [6, 6.07) is 0. The van der Waals surface area contributed by atoms with Crippen LogP contribution in [0, 0.1) is 0 Å². The van der Waals surface area contributed by atoms with E-state index >= 15 is 0 Å². The molecule has 76 heavy (non-hydrogen) atoms. The van der Waals surface area contributed by atoms with Gasteiger partial charge in [-0.05, 0) is 96.3 Å². The Kier molecular flexibility index (Phi) is 60.8. The standard InChI is InChI=1S/C70H120O6/c1-4-7-10-13-16-19-22-25-28-30-31-32-33-34-35-36-37-38-40-42-45-48-51-54-57-60-63-69(72)75-66-67(65-74-68(71)62-59-56-53-50-47-44-41-27-24-21-18-15-12-9-6-3)76-70(73)64-61-58-55-52-49-46-43-39-29-26-23-20-17-14-11-8-5-2/h8-9,11-12,17-18,20-21,26-27,29,41,43,46-47,50,67H,4-7,10,13-16,19,22-25,28,30-40,42,44-45,48-49,51-66H2,1-3H3/b11-8-,12-9-,20-17-,21-18-,29-26-,41-27-,46-43-,50-47-. The van der Waals surface area contributed by atoms with Gasteiger partial charge < -0.3 is 14.2 Å². The molecule has 0 heterocycles. The molecule has 6 nitrogen and oxygen atoms in total. The molecule has 0 N–H and O–H groups in total. The summed E-state index contributed by atoms with van der Waals surface area (Å²) < 4.78 is 16.9. The van der Waals surface area contributed by atoms with Crippen molar-refractivity contribution >= 4 is 17.9 Å². The number of carbonyl (C=O) groups is 3. The Morgan fingerprint density at radius 1 is 0.276 bits per heavy atom. The summed E-state index contributed by atoms with van der Waals surface area (Å²) in [5, 5.41) is 0. The molecule has 1 unspecified atom stereocenters. The van der Waals surface area contributed by atoms with Crippen molar-refractivity contribution in [3.8, 4) is 0 Å². The molecule has 0 aromatic carbocycles. The van der Waals surface area contributed by atoms with E-state index in [4.69, 9.17) is 14.2 Å². The summed E-state index contributed by atoms with van der Waals surface area (Å²) >= 11 is 0. The maximum atomic E-state index is 12.9. The first-order valence-electron chi connectivity index (χ1n) is 32.2. The van der Waals surface area contributed by atoms with Gasteiger partial charge in [0.1, 0.15) is 13.2 Å². The average Bonchev–Trinajstić information content (AvgIpc) is 3.42. The summed E-state index contributed by atoms with van der Waals surface area (Å²) in [4.78, 5) is 38.3. The van der Waals surface area contributed by atoms with Gasteiger partial charge in [-0.25, -0.2) is 0 Å². The largest absolute Gasteiger partial charge is 0.462 e. The SMILES string of the molecule is CC/C=C\C/C=C\C/C=C\C/C=C\CCCCCCC(=O)OC(COC(=O)CCCC/C=C\C/C=C\C/C=C\C/C=C\CC)COC(=O)CCCCCCCCCCCCCCCCCCCCCCCCCCCC. The van der Waals surface area contributed by atoms with E-state index in [-0.39, 0.29) is 31.1 Å². The Balaban J connectivity index is 4.33. The maximum absolute atomic E-state index is 12.9. The van der Waals surface area contributed by atoms with E-state index in [0.717, 1.165) is 122 Å². The van der Waals surface area contributed by atoms with Gasteiger partial charge in [-0.2, -0.15) is 0 Å². The third kappa shape index (κ3) is 61.2. The fourth-order valence-electron chi connectivity index (χ4n) is 9.07. The molecule has 0 saturated heterocycles. The van der Waals surface area contributed by atoms with Gasteiger partial charge >= 0.3 is 17.9 Å². The number of hydrogen-bond acceptors (Lipinski definition) is 6. The third-order valence-electron chi connectivity index (χ3n) is 13.8. The van der Waals surface area contributed by atoms with Gasteiger partial charge in [0.05, 0.1) is 0 Å². The molecule has 0 aliphatic rings. The molecule has 6 heteroatoms. The highest BCUT2D eigenvalue weighted by atomic mass is 16.6. The zero-order chi connectivity index (χ0) is 55.0. The molecule has 0 rings (SSSR count). The molecular weight excluding hydrogens is 937 g/mol. The zero-order valence-electron chi connectivity index (χ0n) is 50.0. The monoisotopic (exact) mass is 1060 g/mol. The van der Waals surface area contributed by atoms with Crippen molar-refractivity contribution in [1.82, 2.24) is 0 Å². The minimum Gasteiger partial charge on any atom is -0.462 e. The van der Waals surface area contributed by atoms with Crippen LogP contribution in [0.25, 0.3) is 0 Å². The molecule has 1 atom stereocenters. The normalized spacial score (nSPS) is 12.7. The summed E-state index contributed by atoms with van der Waals surface area (Å²) in [6.45, 7) is 6.39. The van der Waals surface area contributed by atoms with Crippen molar-refractivity contribution in [1.29, 1.82) is 0 Å². The zero-order valence-corrected chi connectivity index (χ0v) is 50.0. The summed E-state index contributed by atoms with van der Waals surface area (Å²) in [7, 11) is 0. The van der Waals surface area contributed by atoms with Gasteiger partial charge in [0.15, 0.2) is 6.10 Å². The minimum atomic E-state index is -0.808. The fraction of sp³-hybridized carbons (Fsp3) is 0.729. The number of allylic oxidation sites excluding steroid dienone is 16. The maximum Gasteiger partial charge on any atom is 0.306 e. The topological polar surface area (TPSA) is 78.9 Å². The van der Waals surface area contributed by atoms with Crippen LogP contribution in [-0.2, 0) is 28.6 Å². The van der Waals surface area contributed by atoms with Crippen LogP contribution >= 0.6 is 0 Å². The number of esters is 3. The minimum absolute atomic E-state index is 0.0992. The fourth-order valence-corrected chi connectivity index (χ4v) is 9.07. The van der Waals surface area contributed by atoms with Gasteiger partial charge in [-0.15, -0.1) is 0 Å². The van der Waals surface area contributed by atoms with E-state index in [2.05, 4.69) is 118 Å². The first-order chi connectivity index (χ1) is 37.5. The van der Waals surface area contributed by atoms with Crippen molar-refractivity contribution in [3.05, 3.63) is 97.2 Å². The Hall–Kier alpha value is -3.67. The molecule has 0 fully saturated rings. The molecular formula is C70H120O6. The number of rotatable bonds is 58. The Morgan fingerprint density at radius 3 is 0.829 bits per heavy atom. The van der Waals surface area contributed by atoms with Crippen molar-refractivity contribution in [2.75, 3.05) is 13.2 Å². The number of unbranched alkanes of at least 4 members (excludes halogenated alkanes) is 31. The summed E-state index contributed by atoms with van der Waals surface area (Å²) in [5.74, 6) is -0.957. The molecule has 0 radical (unpaired) electrons. The highest BCUT2D eigenvalue weighted by Crippen LogP contribution is 2.17. The lowest BCUT2D eigenvalue weighted by molar-refractivity contribution is -0.167. The van der Waals surface area contributed by atoms with Gasteiger partial charge in [-0.1, -0.05) is 291 Å². The second-order valence-corrected chi connectivity index (χ2v) is 21.3. The third-order valence-corrected chi connectivity index (χ3v) is 13.8. The predicted octanol–water partition coefficient (Wildman–Crippen LogP) is 22.0. The smallest absolute Gasteiger partial charge is 0.306 e. The van der Waals surface area contributed by atoms with Crippen LogP contribution in [0.4, 0.5) is 0 Å². The predicted molar refractivity (Wildman–Crippen MR) is 330 cm³/mol. The van der Waals surface area contributed by atoms with Gasteiger partial charge in [0, 0.05) is 19.3 Å². The van der Waals surface area contributed by atoms with Crippen LogP contribution in [0.15, 0.2) is 97.2 Å². The van der Waals surface area contributed by atoms with Crippen LogP contribution < -0.4 is 0 Å². The first-order valence-corrected chi connectivity index (χ1v) is 32.2. The van der Waals surface area contributed by atoms with Gasteiger partial charge in [0.2, 0.25) is 0 Å². The number of carbonyl (C=O) groups excluding carboxylic acids is 3. The van der Waals surface area contributed by atoms with Crippen LogP contribution in [0.3, 0.4) is 0 Å². The molecule has 0 spiro atoms. The van der Waals surface area contributed by atoms with Gasteiger partial charge in [0.25, 0.3) is 0 Å². The lowest BCUT2D eigenvalue weighted by Gasteiger charge is -2.18. The first kappa shape index (κ1) is 72.3. The summed E-state index contributed by atoms with van der Waals surface area (Å²) in [5.41, 5.74) is 0. The molecule has 0 amide bonds. The molecule has 0 aliphatic carbocycles. The lowest BCUT2D eigenvalue weighted by Crippen LogP contribution is -2.30. The van der Waals surface area contributed by atoms with Crippen molar-refractivity contribution < 1.29 is 28.6 Å². The quantitative estimate of drug-likeness (QED) is 0.0261. The van der Waals surface area contributed by atoms with Crippen LogP contribution in [0.5, 0.6) is 0 Å². The second kappa shape index (κ2) is 63.9. The van der Waals surface area contributed by atoms with Crippen molar-refractivity contribution in [3.63, 3.8) is 0 Å². The number of hydrogen-bond donors (Lipinski definition) is 0. The van der Waals surface area contributed by atoms with Gasteiger partial charge in [-0.3, -0.25) is 14.4 Å². The summed E-state index contributed by atoms with van der Waals surface area (Å²) in [6.07, 6.45) is 85.8. The van der Waals surface area contributed by atoms with Crippen LogP contribution in [0.2, 0.25) is 0 Å². The molecule has 436 valence electrons. The Labute approximate surface area is 470 Å². The average molecular weight is 1060 g/mol. The van der Waals surface area contributed by atoms with E-state index in [1.54, 1.807) is 0 Å². The van der Waals surface area contributed by atoms with Crippen LogP contribution in [-0.4, -0.2) is 37.2 Å². The molecule has 0 saturated carbocycles. The van der Waals surface area contributed by atoms with Crippen molar-refractivity contribution in [2.24, 2.45) is 0 Å².